The molecule has 2 saturated heterocycles. The Labute approximate surface area is 194 Å². The summed E-state index contributed by atoms with van der Waals surface area (Å²) in [6, 6.07) is 10.7. The molecular formula is C25H41N3O3S. The Kier molecular flexibility index (Phi) is 10.0. The molecule has 2 heterocycles. The van der Waals surface area contributed by atoms with Crippen molar-refractivity contribution < 1.29 is 13.2 Å². The Morgan fingerprint density at radius 3 is 2.66 bits per heavy atom. The van der Waals surface area contributed by atoms with Crippen molar-refractivity contribution >= 4 is 15.9 Å². The lowest BCUT2D eigenvalue weighted by Crippen LogP contribution is -2.46. The molecule has 2 fully saturated rings. The van der Waals surface area contributed by atoms with Crippen LogP contribution in [0.5, 0.6) is 0 Å². The second-order valence-corrected chi connectivity index (χ2v) is 11.4. The maximum atomic E-state index is 12.8. The quantitative estimate of drug-likeness (QED) is 0.511. The highest BCUT2D eigenvalue weighted by Gasteiger charge is 2.32. The van der Waals surface area contributed by atoms with Crippen molar-refractivity contribution in [2.45, 2.75) is 70.8 Å². The predicted molar refractivity (Wildman–Crippen MR) is 130 cm³/mol. The van der Waals surface area contributed by atoms with E-state index < -0.39 is 10.0 Å². The molecule has 3 rings (SSSR count). The number of rotatable bonds is 11. The summed E-state index contributed by atoms with van der Waals surface area (Å²) in [5.74, 6) is -0.0732. The van der Waals surface area contributed by atoms with E-state index in [2.05, 4.69) is 17.1 Å². The number of aryl methyl sites for hydroxylation is 1. The molecule has 7 heteroatoms. The van der Waals surface area contributed by atoms with Crippen LogP contribution in [0.2, 0.25) is 0 Å². The van der Waals surface area contributed by atoms with E-state index in [0.717, 1.165) is 37.8 Å². The van der Waals surface area contributed by atoms with Gasteiger partial charge in [-0.3, -0.25) is 4.79 Å². The van der Waals surface area contributed by atoms with Crippen LogP contribution in [0.3, 0.4) is 0 Å². The SMILES string of the molecule is CC[C@@H]1CCCCN1CCCNC(=O)[C@H]1CCCN(S(=O)(=O)CCCc2ccccc2)C1. The minimum Gasteiger partial charge on any atom is -0.356 e. The summed E-state index contributed by atoms with van der Waals surface area (Å²) in [5, 5.41) is 3.07. The number of nitrogens with zero attached hydrogens (tertiary/aromatic N) is 2. The van der Waals surface area contributed by atoms with Crippen molar-refractivity contribution in [1.29, 1.82) is 0 Å². The van der Waals surface area contributed by atoms with Crippen LogP contribution >= 0.6 is 0 Å². The third-order valence-electron chi connectivity index (χ3n) is 7.00. The van der Waals surface area contributed by atoms with Gasteiger partial charge in [0.1, 0.15) is 0 Å². The van der Waals surface area contributed by atoms with Crippen LogP contribution in [0.25, 0.3) is 0 Å². The molecule has 1 N–H and O–H groups in total. The van der Waals surface area contributed by atoms with E-state index in [1.165, 1.54) is 32.2 Å². The van der Waals surface area contributed by atoms with E-state index in [1.807, 2.05) is 30.3 Å². The van der Waals surface area contributed by atoms with Crippen molar-refractivity contribution in [1.82, 2.24) is 14.5 Å². The molecule has 0 aliphatic carbocycles. The lowest BCUT2D eigenvalue weighted by Gasteiger charge is -2.35. The molecule has 0 spiro atoms. The summed E-state index contributed by atoms with van der Waals surface area (Å²) < 4.78 is 27.2. The summed E-state index contributed by atoms with van der Waals surface area (Å²) in [5.41, 5.74) is 1.16. The maximum absolute atomic E-state index is 12.8. The average Bonchev–Trinajstić information content (AvgIpc) is 2.82. The van der Waals surface area contributed by atoms with Crippen LogP contribution in [0.15, 0.2) is 30.3 Å². The van der Waals surface area contributed by atoms with Crippen molar-refractivity contribution in [3.63, 3.8) is 0 Å². The van der Waals surface area contributed by atoms with E-state index in [-0.39, 0.29) is 17.6 Å². The van der Waals surface area contributed by atoms with Gasteiger partial charge in [0.05, 0.1) is 11.7 Å². The van der Waals surface area contributed by atoms with Gasteiger partial charge >= 0.3 is 0 Å². The standard InChI is InChI=1S/C25H41N3O3S/c1-2-24-15-6-7-17-27(24)18-10-16-26-25(29)23-14-8-19-28(21-23)32(30,31)20-9-13-22-11-4-3-5-12-22/h3-5,11-12,23-24H,2,6-10,13-21H2,1H3,(H,26,29)/t23-,24+/m0/s1. The largest absolute Gasteiger partial charge is 0.356 e. The molecular weight excluding hydrogens is 422 g/mol. The number of piperidine rings is 2. The van der Waals surface area contributed by atoms with Gasteiger partial charge in [0.15, 0.2) is 0 Å². The second-order valence-electron chi connectivity index (χ2n) is 9.34. The maximum Gasteiger partial charge on any atom is 0.224 e. The number of hydrogen-bond donors (Lipinski definition) is 1. The number of nitrogens with one attached hydrogen (secondary N) is 1. The normalized spacial score (nSPS) is 23.2. The highest BCUT2D eigenvalue weighted by atomic mass is 32.2. The van der Waals surface area contributed by atoms with Gasteiger partial charge < -0.3 is 10.2 Å². The van der Waals surface area contributed by atoms with Gasteiger partial charge in [0, 0.05) is 32.2 Å². The molecule has 2 atom stereocenters. The van der Waals surface area contributed by atoms with Crippen LogP contribution < -0.4 is 5.32 Å². The van der Waals surface area contributed by atoms with Gasteiger partial charge in [-0.2, -0.15) is 0 Å². The Bertz CT molecular complexity index is 800. The summed E-state index contributed by atoms with van der Waals surface area (Å²) >= 11 is 0. The zero-order valence-electron chi connectivity index (χ0n) is 19.7. The highest BCUT2D eigenvalue weighted by Crippen LogP contribution is 2.21. The topological polar surface area (TPSA) is 69.7 Å². The van der Waals surface area contributed by atoms with Gasteiger partial charge in [-0.1, -0.05) is 43.7 Å². The number of sulfonamides is 1. The first-order valence-electron chi connectivity index (χ1n) is 12.5. The van der Waals surface area contributed by atoms with Crippen LogP contribution in [-0.4, -0.2) is 68.0 Å². The van der Waals surface area contributed by atoms with E-state index in [0.29, 0.717) is 32.1 Å². The fourth-order valence-corrected chi connectivity index (χ4v) is 6.68. The molecule has 0 unspecified atom stereocenters. The van der Waals surface area contributed by atoms with Crippen molar-refractivity contribution in [3.05, 3.63) is 35.9 Å². The summed E-state index contributed by atoms with van der Waals surface area (Å²) in [6.45, 7) is 5.99. The molecule has 0 saturated carbocycles. The molecule has 1 amide bonds. The molecule has 2 aliphatic rings. The number of carbonyl (C=O) groups is 1. The molecule has 1 aromatic rings. The predicted octanol–water partition coefficient (Wildman–Crippen LogP) is 3.43. The van der Waals surface area contributed by atoms with Crippen LogP contribution in [-0.2, 0) is 21.2 Å². The lowest BCUT2D eigenvalue weighted by molar-refractivity contribution is -0.126. The van der Waals surface area contributed by atoms with E-state index >= 15 is 0 Å². The fourth-order valence-electron chi connectivity index (χ4n) is 5.10. The Balaban J connectivity index is 1.38. The average molecular weight is 464 g/mol. The number of likely N-dealkylation sites (tertiary alicyclic amines) is 1. The van der Waals surface area contributed by atoms with E-state index in [1.54, 1.807) is 4.31 Å². The number of carbonyl (C=O) groups excluding carboxylic acids is 1. The molecule has 0 radical (unpaired) electrons. The van der Waals surface area contributed by atoms with E-state index in [4.69, 9.17) is 0 Å². The summed E-state index contributed by atoms with van der Waals surface area (Å²) in [6.07, 6.45) is 8.94. The number of benzene rings is 1. The molecule has 1 aromatic carbocycles. The van der Waals surface area contributed by atoms with Gasteiger partial charge in [0.2, 0.25) is 15.9 Å². The van der Waals surface area contributed by atoms with Crippen LogP contribution in [0.4, 0.5) is 0 Å². The third-order valence-corrected chi connectivity index (χ3v) is 8.92. The smallest absolute Gasteiger partial charge is 0.224 e. The molecule has 32 heavy (non-hydrogen) atoms. The zero-order valence-corrected chi connectivity index (χ0v) is 20.5. The van der Waals surface area contributed by atoms with Crippen LogP contribution in [0, 0.1) is 5.92 Å². The van der Waals surface area contributed by atoms with Crippen LogP contribution in [0.1, 0.15) is 63.9 Å². The highest BCUT2D eigenvalue weighted by molar-refractivity contribution is 7.89. The Hall–Kier alpha value is -1.44. The fraction of sp³-hybridized carbons (Fsp3) is 0.720. The monoisotopic (exact) mass is 463 g/mol. The molecule has 6 nitrogen and oxygen atoms in total. The Morgan fingerprint density at radius 1 is 1.06 bits per heavy atom. The minimum absolute atomic E-state index is 0.0138. The minimum atomic E-state index is -3.32. The lowest BCUT2D eigenvalue weighted by atomic mass is 9.98. The molecule has 2 aliphatic heterocycles. The van der Waals surface area contributed by atoms with Gasteiger partial charge in [-0.05, 0) is 63.5 Å². The molecule has 0 aromatic heterocycles. The number of amides is 1. The second kappa shape index (κ2) is 12.7. The van der Waals surface area contributed by atoms with Gasteiger partial charge in [-0.15, -0.1) is 0 Å². The summed E-state index contributed by atoms with van der Waals surface area (Å²) in [7, 11) is -3.32. The van der Waals surface area contributed by atoms with Crippen molar-refractivity contribution in [3.8, 4) is 0 Å². The first-order chi connectivity index (χ1) is 15.5. The summed E-state index contributed by atoms with van der Waals surface area (Å²) in [4.78, 5) is 15.3. The van der Waals surface area contributed by atoms with Gasteiger partial charge in [-0.25, -0.2) is 12.7 Å². The molecule has 0 bridgehead atoms. The van der Waals surface area contributed by atoms with Crippen molar-refractivity contribution in [2.24, 2.45) is 5.92 Å². The van der Waals surface area contributed by atoms with E-state index in [9.17, 15) is 13.2 Å². The Morgan fingerprint density at radius 2 is 1.88 bits per heavy atom. The third kappa shape index (κ3) is 7.56. The molecule has 180 valence electrons. The van der Waals surface area contributed by atoms with Gasteiger partial charge in [0.25, 0.3) is 0 Å². The van der Waals surface area contributed by atoms with Crippen molar-refractivity contribution in [2.75, 3.05) is 38.5 Å². The zero-order chi connectivity index (χ0) is 22.8. The number of hydrogen-bond acceptors (Lipinski definition) is 4. The first-order valence-corrected chi connectivity index (χ1v) is 14.1. The first kappa shape index (κ1) is 25.2.